The van der Waals surface area contributed by atoms with Gasteiger partial charge >= 0.3 is 0 Å². The maximum absolute atomic E-state index is 12.7. The van der Waals surface area contributed by atoms with E-state index < -0.39 is 0 Å². The molecule has 0 radical (unpaired) electrons. The molecule has 0 fully saturated rings. The second-order valence-electron chi connectivity index (χ2n) is 6.50. The molecule has 9 heteroatoms. The topological polar surface area (TPSA) is 88.5 Å². The van der Waals surface area contributed by atoms with Crippen molar-refractivity contribution in [3.63, 3.8) is 0 Å². The lowest BCUT2D eigenvalue weighted by Crippen LogP contribution is -2.19. The van der Waals surface area contributed by atoms with Crippen LogP contribution in [0.4, 0.5) is 5.13 Å². The van der Waals surface area contributed by atoms with Gasteiger partial charge in [0.05, 0.1) is 16.3 Å². The highest BCUT2D eigenvalue weighted by atomic mass is 32.1. The number of anilines is 1. The molecule has 0 aliphatic rings. The quantitative estimate of drug-likeness (QED) is 0.466. The number of nitrogens with zero attached hydrogens (tertiary/aromatic N) is 4. The van der Waals surface area contributed by atoms with Gasteiger partial charge < -0.3 is 5.32 Å². The van der Waals surface area contributed by atoms with Gasteiger partial charge in [0.25, 0.3) is 0 Å². The minimum Gasteiger partial charge on any atom is -0.300 e. The van der Waals surface area contributed by atoms with Crippen LogP contribution in [0.2, 0.25) is 0 Å². The number of aromatic amines is 1. The number of carbonyl (C=O) groups is 1. The van der Waals surface area contributed by atoms with Crippen molar-refractivity contribution in [3.8, 4) is 22.0 Å². The molecule has 0 bridgehead atoms. The Morgan fingerprint density at radius 3 is 2.72 bits per heavy atom. The Hall–Kier alpha value is -3.17. The largest absolute Gasteiger partial charge is 0.300 e. The van der Waals surface area contributed by atoms with Gasteiger partial charge in [-0.05, 0) is 38.2 Å². The lowest BCUT2D eigenvalue weighted by Gasteiger charge is -2.07. The number of aryl methyl sites for hydroxylation is 2. The van der Waals surface area contributed by atoms with Crippen LogP contribution in [-0.4, -0.2) is 30.6 Å². The van der Waals surface area contributed by atoms with Crippen LogP contribution in [0.5, 0.6) is 0 Å². The fourth-order valence-electron chi connectivity index (χ4n) is 2.87. The molecule has 1 aromatic carbocycles. The summed E-state index contributed by atoms with van der Waals surface area (Å²) in [4.78, 5) is 22.4. The molecular weight excluding hydrogens is 404 g/mol. The van der Waals surface area contributed by atoms with Crippen LogP contribution in [0.25, 0.3) is 22.0 Å². The van der Waals surface area contributed by atoms with Crippen molar-refractivity contribution < 1.29 is 4.79 Å². The number of H-pyrrole nitrogens is 1. The van der Waals surface area contributed by atoms with Gasteiger partial charge in [0, 0.05) is 11.8 Å². The zero-order valence-corrected chi connectivity index (χ0v) is 17.5. The first-order valence-electron chi connectivity index (χ1n) is 8.92. The summed E-state index contributed by atoms with van der Waals surface area (Å²) in [5, 5.41) is 10.4. The fraction of sp³-hybridized carbons (Fsp3) is 0.150. The molecule has 0 unspecified atom stereocenters. The average Bonchev–Trinajstić information content (AvgIpc) is 3.26. The first-order chi connectivity index (χ1) is 14.0. The molecule has 4 aromatic rings. The van der Waals surface area contributed by atoms with E-state index in [-0.39, 0.29) is 12.5 Å². The summed E-state index contributed by atoms with van der Waals surface area (Å²) in [7, 11) is 0. The summed E-state index contributed by atoms with van der Waals surface area (Å²) in [6.45, 7) is 3.96. The van der Waals surface area contributed by atoms with Crippen LogP contribution in [-0.2, 0) is 11.3 Å². The van der Waals surface area contributed by atoms with Crippen molar-refractivity contribution in [2.24, 2.45) is 0 Å². The van der Waals surface area contributed by atoms with Crippen molar-refractivity contribution in [2.45, 2.75) is 20.4 Å². The lowest BCUT2D eigenvalue weighted by atomic mass is 10.1. The first-order valence-corrected chi connectivity index (χ1v) is 10.1. The number of amides is 1. The molecule has 0 atom stereocenters. The summed E-state index contributed by atoms with van der Waals surface area (Å²) in [5.74, 6) is 0.395. The SMILES string of the molecule is Cc1ccc(-c2n[nH]c(=S)n2CC(=O)Nc2nc(C)c(-c3ccccn3)s2)cc1. The molecule has 0 saturated heterocycles. The normalized spacial score (nSPS) is 10.8. The van der Waals surface area contributed by atoms with E-state index in [0.717, 1.165) is 27.4 Å². The van der Waals surface area contributed by atoms with Crippen LogP contribution in [0, 0.1) is 18.6 Å². The Kier molecular flexibility index (Phi) is 5.32. The number of pyridine rings is 1. The average molecular weight is 423 g/mol. The van der Waals surface area contributed by atoms with E-state index in [0.29, 0.717) is 15.7 Å². The molecule has 3 heterocycles. The minimum absolute atomic E-state index is 0.0378. The zero-order valence-electron chi connectivity index (χ0n) is 15.8. The van der Waals surface area contributed by atoms with Crippen molar-refractivity contribution in [1.82, 2.24) is 24.7 Å². The van der Waals surface area contributed by atoms with Crippen LogP contribution >= 0.6 is 23.6 Å². The predicted molar refractivity (Wildman–Crippen MR) is 116 cm³/mol. The molecule has 0 aliphatic heterocycles. The summed E-state index contributed by atoms with van der Waals surface area (Å²) in [6, 6.07) is 13.6. The number of aromatic nitrogens is 5. The van der Waals surface area contributed by atoms with E-state index in [1.165, 1.54) is 11.3 Å². The Labute approximate surface area is 176 Å². The highest BCUT2D eigenvalue weighted by Crippen LogP contribution is 2.31. The second-order valence-corrected chi connectivity index (χ2v) is 7.89. The van der Waals surface area contributed by atoms with Crippen LogP contribution in [0.15, 0.2) is 48.7 Å². The lowest BCUT2D eigenvalue weighted by molar-refractivity contribution is -0.116. The number of thiazole rings is 1. The third kappa shape index (κ3) is 4.15. The number of nitrogens with one attached hydrogen (secondary N) is 2. The van der Waals surface area contributed by atoms with E-state index >= 15 is 0 Å². The van der Waals surface area contributed by atoms with Gasteiger partial charge in [0.1, 0.15) is 6.54 Å². The summed E-state index contributed by atoms with van der Waals surface area (Å²) >= 11 is 6.71. The Morgan fingerprint density at radius 1 is 1.21 bits per heavy atom. The number of hydrogen-bond donors (Lipinski definition) is 2. The Bertz CT molecular complexity index is 1210. The highest BCUT2D eigenvalue weighted by Gasteiger charge is 2.16. The maximum atomic E-state index is 12.7. The molecule has 3 aromatic heterocycles. The van der Waals surface area contributed by atoms with Crippen LogP contribution in [0.3, 0.4) is 0 Å². The monoisotopic (exact) mass is 422 g/mol. The molecule has 2 N–H and O–H groups in total. The van der Waals surface area contributed by atoms with Gasteiger partial charge in [0.15, 0.2) is 15.7 Å². The fourth-order valence-corrected chi connectivity index (χ4v) is 4.03. The van der Waals surface area contributed by atoms with E-state index in [1.54, 1.807) is 10.8 Å². The van der Waals surface area contributed by atoms with Gasteiger partial charge in [-0.15, -0.1) is 0 Å². The summed E-state index contributed by atoms with van der Waals surface area (Å²) < 4.78 is 2.07. The van der Waals surface area contributed by atoms with Crippen molar-refractivity contribution in [1.29, 1.82) is 0 Å². The molecule has 146 valence electrons. The van der Waals surface area contributed by atoms with E-state index in [2.05, 4.69) is 25.5 Å². The molecule has 7 nitrogen and oxygen atoms in total. The highest BCUT2D eigenvalue weighted by molar-refractivity contribution is 7.71. The molecule has 1 amide bonds. The molecular formula is C20H18N6OS2. The third-order valence-electron chi connectivity index (χ3n) is 4.31. The summed E-state index contributed by atoms with van der Waals surface area (Å²) in [6.07, 6.45) is 1.74. The smallest absolute Gasteiger partial charge is 0.246 e. The number of rotatable bonds is 5. The molecule has 0 saturated carbocycles. The Morgan fingerprint density at radius 2 is 2.00 bits per heavy atom. The first kappa shape index (κ1) is 19.2. The van der Waals surface area contributed by atoms with Gasteiger partial charge in [-0.3, -0.25) is 19.4 Å². The molecule has 4 rings (SSSR count). The van der Waals surface area contributed by atoms with Crippen molar-refractivity contribution in [2.75, 3.05) is 5.32 Å². The second kappa shape index (κ2) is 8.06. The van der Waals surface area contributed by atoms with Gasteiger partial charge in [-0.25, -0.2) is 4.98 Å². The van der Waals surface area contributed by atoms with Crippen molar-refractivity contribution in [3.05, 3.63) is 64.7 Å². The van der Waals surface area contributed by atoms with E-state index in [9.17, 15) is 4.79 Å². The minimum atomic E-state index is -0.225. The zero-order chi connectivity index (χ0) is 20.4. The van der Waals surface area contributed by atoms with Crippen LogP contribution in [0.1, 0.15) is 11.3 Å². The third-order valence-corrected chi connectivity index (χ3v) is 5.72. The van der Waals surface area contributed by atoms with E-state index in [1.807, 2.05) is 56.3 Å². The van der Waals surface area contributed by atoms with E-state index in [4.69, 9.17) is 12.2 Å². The molecule has 0 aliphatic carbocycles. The number of hydrogen-bond acceptors (Lipinski definition) is 6. The van der Waals surface area contributed by atoms with Crippen molar-refractivity contribution >= 4 is 34.6 Å². The summed E-state index contributed by atoms with van der Waals surface area (Å²) in [5.41, 5.74) is 3.69. The standard InChI is InChI=1S/C20H18N6OS2/c1-12-6-8-14(9-7-12)18-24-25-20(28)26(18)11-16(27)23-19-22-13(2)17(29-19)15-5-3-4-10-21-15/h3-10H,11H2,1-2H3,(H,25,28)(H,22,23,27). The molecule has 29 heavy (non-hydrogen) atoms. The number of carbonyl (C=O) groups excluding carboxylic acids is 1. The van der Waals surface area contributed by atoms with Gasteiger partial charge in [0.2, 0.25) is 5.91 Å². The Balaban J connectivity index is 1.54. The van der Waals surface area contributed by atoms with Crippen LogP contribution < -0.4 is 5.32 Å². The van der Waals surface area contributed by atoms with Gasteiger partial charge in [-0.2, -0.15) is 5.10 Å². The maximum Gasteiger partial charge on any atom is 0.246 e. The molecule has 0 spiro atoms. The number of benzene rings is 1. The van der Waals surface area contributed by atoms with Gasteiger partial charge in [-0.1, -0.05) is 47.2 Å². The predicted octanol–water partition coefficient (Wildman–Crippen LogP) is 4.38.